The molecule has 1 N–H and O–H groups in total. The third-order valence-electron chi connectivity index (χ3n) is 6.18. The number of anilines is 1. The van der Waals surface area contributed by atoms with Gasteiger partial charge in [-0.1, -0.05) is 12.1 Å². The lowest BCUT2D eigenvalue weighted by molar-refractivity contribution is -0.132. The molecule has 2 heterocycles. The topological polar surface area (TPSA) is 95.7 Å². The summed E-state index contributed by atoms with van der Waals surface area (Å²) in [7, 11) is 0. The van der Waals surface area contributed by atoms with Gasteiger partial charge in [-0.05, 0) is 43.9 Å². The van der Waals surface area contributed by atoms with E-state index in [0.717, 1.165) is 13.1 Å². The number of carboxylic acids is 1. The number of carboxylic acid groups (broad SMARTS) is 1. The first-order chi connectivity index (χ1) is 14.4. The number of carbonyl (C=O) groups is 3. The number of piperazine rings is 1. The molecule has 30 heavy (non-hydrogen) atoms. The summed E-state index contributed by atoms with van der Waals surface area (Å²) in [6.45, 7) is 6.71. The van der Waals surface area contributed by atoms with Crippen LogP contribution in [-0.4, -0.2) is 63.6 Å². The van der Waals surface area contributed by atoms with Crippen LogP contribution in [0, 0.1) is 13.8 Å². The zero-order chi connectivity index (χ0) is 21.4. The van der Waals surface area contributed by atoms with E-state index in [1.165, 1.54) is 21.5 Å². The molecule has 1 aliphatic carbocycles. The number of aromatic carboxylic acids is 1. The van der Waals surface area contributed by atoms with Gasteiger partial charge in [-0.3, -0.25) is 14.3 Å². The van der Waals surface area contributed by atoms with Gasteiger partial charge in [0.15, 0.2) is 11.5 Å². The van der Waals surface area contributed by atoms with Gasteiger partial charge in [-0.2, -0.15) is 5.10 Å². The van der Waals surface area contributed by atoms with Crippen molar-refractivity contribution in [2.75, 3.05) is 31.1 Å². The van der Waals surface area contributed by atoms with Gasteiger partial charge in [0.1, 0.15) is 12.2 Å². The van der Waals surface area contributed by atoms with Crippen molar-refractivity contribution in [3.8, 4) is 0 Å². The molecule has 1 saturated heterocycles. The zero-order valence-electron chi connectivity index (χ0n) is 17.3. The summed E-state index contributed by atoms with van der Waals surface area (Å²) in [6.07, 6.45) is 1.48. The van der Waals surface area contributed by atoms with E-state index in [1.807, 2.05) is 6.07 Å². The van der Waals surface area contributed by atoms with Crippen molar-refractivity contribution < 1.29 is 19.5 Å². The molecule has 2 aromatic rings. The number of benzene rings is 1. The standard InChI is InChI=1S/C22H26N4O4/c1-14-5-3-7-17(15(14)2)24-9-11-25(12-10-24)19(28)13-26-21-16(6-4-8-18(21)27)20(23-26)22(29)30/h3,5,7H,4,6,8-13H2,1-2H3,(H,29,30). The highest BCUT2D eigenvalue weighted by molar-refractivity contribution is 6.00. The number of ketones is 1. The Kier molecular flexibility index (Phi) is 5.32. The molecule has 0 radical (unpaired) electrons. The van der Waals surface area contributed by atoms with Gasteiger partial charge in [0.05, 0.1) is 0 Å². The van der Waals surface area contributed by atoms with E-state index in [2.05, 4.69) is 36.0 Å². The van der Waals surface area contributed by atoms with E-state index in [9.17, 15) is 19.5 Å². The first-order valence-electron chi connectivity index (χ1n) is 10.3. The van der Waals surface area contributed by atoms with Gasteiger partial charge in [0.2, 0.25) is 5.91 Å². The largest absolute Gasteiger partial charge is 0.476 e. The first-order valence-corrected chi connectivity index (χ1v) is 10.3. The molecule has 0 bridgehead atoms. The van der Waals surface area contributed by atoms with Gasteiger partial charge in [-0.15, -0.1) is 0 Å². The molecule has 8 heteroatoms. The summed E-state index contributed by atoms with van der Waals surface area (Å²) in [5, 5.41) is 13.5. The summed E-state index contributed by atoms with van der Waals surface area (Å²) < 4.78 is 1.31. The number of Topliss-reactive ketones (excluding diaryl/α,β-unsaturated/α-hetero) is 1. The maximum Gasteiger partial charge on any atom is 0.356 e. The summed E-state index contributed by atoms with van der Waals surface area (Å²) in [6, 6.07) is 6.25. The van der Waals surface area contributed by atoms with Crippen LogP contribution in [0.4, 0.5) is 5.69 Å². The number of aryl methyl sites for hydroxylation is 1. The number of aromatic nitrogens is 2. The number of rotatable bonds is 4. The molecule has 1 aromatic carbocycles. The molecule has 0 unspecified atom stereocenters. The SMILES string of the molecule is Cc1cccc(N2CCN(C(=O)Cn3nc(C(=O)O)c4c3C(=O)CCC4)CC2)c1C. The Morgan fingerprint density at radius 3 is 2.53 bits per heavy atom. The van der Waals surface area contributed by atoms with Crippen LogP contribution in [0.2, 0.25) is 0 Å². The molecule has 1 amide bonds. The second kappa shape index (κ2) is 7.93. The van der Waals surface area contributed by atoms with Crippen LogP contribution in [0.5, 0.6) is 0 Å². The predicted molar refractivity (Wildman–Crippen MR) is 111 cm³/mol. The Morgan fingerprint density at radius 1 is 1.10 bits per heavy atom. The molecular weight excluding hydrogens is 384 g/mol. The summed E-state index contributed by atoms with van der Waals surface area (Å²) in [5.74, 6) is -1.44. The van der Waals surface area contributed by atoms with E-state index in [0.29, 0.717) is 43.6 Å². The van der Waals surface area contributed by atoms with E-state index in [4.69, 9.17) is 0 Å². The monoisotopic (exact) mass is 410 g/mol. The Hall–Kier alpha value is -3.16. The molecule has 2 aliphatic rings. The molecule has 158 valence electrons. The first kappa shape index (κ1) is 20.1. The molecule has 8 nitrogen and oxygen atoms in total. The van der Waals surface area contributed by atoms with Crippen molar-refractivity contribution in [2.45, 2.75) is 39.7 Å². The number of hydrogen-bond acceptors (Lipinski definition) is 5. The summed E-state index contributed by atoms with van der Waals surface area (Å²) in [4.78, 5) is 40.8. The second-order valence-corrected chi connectivity index (χ2v) is 8.00. The summed E-state index contributed by atoms with van der Waals surface area (Å²) in [5.41, 5.74) is 4.34. The maximum atomic E-state index is 12.9. The van der Waals surface area contributed by atoms with Crippen molar-refractivity contribution in [1.82, 2.24) is 14.7 Å². The van der Waals surface area contributed by atoms with Crippen molar-refractivity contribution in [3.63, 3.8) is 0 Å². The van der Waals surface area contributed by atoms with Crippen molar-refractivity contribution >= 4 is 23.3 Å². The minimum Gasteiger partial charge on any atom is -0.476 e. The van der Waals surface area contributed by atoms with Crippen LogP contribution in [0.3, 0.4) is 0 Å². The molecule has 0 atom stereocenters. The van der Waals surface area contributed by atoms with E-state index < -0.39 is 5.97 Å². The predicted octanol–water partition coefficient (Wildman–Crippen LogP) is 2.07. The maximum absolute atomic E-state index is 12.9. The fraction of sp³-hybridized carbons (Fsp3) is 0.455. The normalized spacial score (nSPS) is 16.5. The average Bonchev–Trinajstić information content (AvgIpc) is 3.10. The molecule has 4 rings (SSSR count). The third kappa shape index (κ3) is 3.58. The zero-order valence-corrected chi connectivity index (χ0v) is 17.3. The number of nitrogens with zero attached hydrogens (tertiary/aromatic N) is 4. The second-order valence-electron chi connectivity index (χ2n) is 8.00. The van der Waals surface area contributed by atoms with Crippen LogP contribution in [0.25, 0.3) is 0 Å². The minimum atomic E-state index is -1.16. The Balaban J connectivity index is 1.47. The fourth-order valence-electron chi connectivity index (χ4n) is 4.38. The third-order valence-corrected chi connectivity index (χ3v) is 6.18. The Labute approximate surface area is 175 Å². The Bertz CT molecular complexity index is 1020. The highest BCUT2D eigenvalue weighted by Gasteiger charge is 2.31. The fourth-order valence-corrected chi connectivity index (χ4v) is 4.38. The van der Waals surface area contributed by atoms with Gasteiger partial charge in [0.25, 0.3) is 0 Å². The molecule has 0 saturated carbocycles. The average molecular weight is 410 g/mol. The lowest BCUT2D eigenvalue weighted by Gasteiger charge is -2.37. The van der Waals surface area contributed by atoms with Gasteiger partial charge >= 0.3 is 5.97 Å². The Morgan fingerprint density at radius 2 is 1.83 bits per heavy atom. The number of amides is 1. The molecule has 1 aromatic heterocycles. The van der Waals surface area contributed by atoms with Crippen LogP contribution < -0.4 is 4.90 Å². The minimum absolute atomic E-state index is 0.106. The molecule has 1 fully saturated rings. The lowest BCUT2D eigenvalue weighted by atomic mass is 9.94. The van der Waals surface area contributed by atoms with E-state index >= 15 is 0 Å². The van der Waals surface area contributed by atoms with Crippen LogP contribution in [0.15, 0.2) is 18.2 Å². The van der Waals surface area contributed by atoms with E-state index in [1.54, 1.807) is 4.90 Å². The van der Waals surface area contributed by atoms with Gasteiger partial charge in [-0.25, -0.2) is 4.79 Å². The molecular formula is C22H26N4O4. The van der Waals surface area contributed by atoms with E-state index in [-0.39, 0.29) is 23.9 Å². The van der Waals surface area contributed by atoms with Crippen LogP contribution >= 0.6 is 0 Å². The number of hydrogen-bond donors (Lipinski definition) is 1. The van der Waals surface area contributed by atoms with Crippen LogP contribution in [-0.2, 0) is 17.8 Å². The number of carbonyl (C=O) groups excluding carboxylic acids is 2. The molecule has 1 aliphatic heterocycles. The lowest BCUT2D eigenvalue weighted by Crippen LogP contribution is -2.50. The quantitative estimate of drug-likeness (QED) is 0.829. The molecule has 0 spiro atoms. The van der Waals surface area contributed by atoms with Crippen molar-refractivity contribution in [1.29, 1.82) is 0 Å². The highest BCUT2D eigenvalue weighted by Crippen LogP contribution is 2.26. The van der Waals surface area contributed by atoms with Gasteiger partial charge in [0, 0.05) is 43.9 Å². The van der Waals surface area contributed by atoms with Crippen molar-refractivity contribution in [2.24, 2.45) is 0 Å². The van der Waals surface area contributed by atoms with Crippen molar-refractivity contribution in [3.05, 3.63) is 46.3 Å². The summed E-state index contributed by atoms with van der Waals surface area (Å²) >= 11 is 0. The number of fused-ring (bicyclic) bond motifs is 1. The smallest absolute Gasteiger partial charge is 0.356 e. The van der Waals surface area contributed by atoms with Crippen LogP contribution in [0.1, 0.15) is 50.5 Å². The van der Waals surface area contributed by atoms with Gasteiger partial charge < -0.3 is 14.9 Å². The highest BCUT2D eigenvalue weighted by atomic mass is 16.4.